The van der Waals surface area contributed by atoms with Gasteiger partial charge in [0, 0.05) is 17.6 Å². The Morgan fingerprint density at radius 2 is 2.04 bits per heavy atom. The first-order valence-electron chi connectivity index (χ1n) is 7.23. The van der Waals surface area contributed by atoms with Gasteiger partial charge in [-0.1, -0.05) is 23.7 Å². The number of nitrogens with zero attached hydrogens (tertiary/aromatic N) is 2. The molecule has 2 heterocycles. The fourth-order valence-corrected chi connectivity index (χ4v) is 2.24. The fourth-order valence-electron chi connectivity index (χ4n) is 2.12. The van der Waals surface area contributed by atoms with Crippen molar-refractivity contribution in [3.8, 4) is 11.5 Å². The number of furan rings is 1. The summed E-state index contributed by atoms with van der Waals surface area (Å²) in [6, 6.07) is 11.9. The number of rotatable bonds is 5. The van der Waals surface area contributed by atoms with Crippen molar-refractivity contribution >= 4 is 17.5 Å². The summed E-state index contributed by atoms with van der Waals surface area (Å²) in [6.07, 6.45) is 2.84. The number of benzene rings is 1. The second-order valence-corrected chi connectivity index (χ2v) is 5.56. The van der Waals surface area contributed by atoms with E-state index in [1.807, 2.05) is 12.1 Å². The lowest BCUT2D eigenvalue weighted by Crippen LogP contribution is -2.31. The Labute approximate surface area is 142 Å². The van der Waals surface area contributed by atoms with Crippen LogP contribution < -0.4 is 10.9 Å². The molecule has 24 heavy (non-hydrogen) atoms. The van der Waals surface area contributed by atoms with Crippen LogP contribution in [0.15, 0.2) is 64.3 Å². The van der Waals surface area contributed by atoms with Crippen LogP contribution in [0.4, 0.5) is 0 Å². The van der Waals surface area contributed by atoms with E-state index in [9.17, 15) is 9.59 Å². The van der Waals surface area contributed by atoms with Crippen LogP contribution in [0.3, 0.4) is 0 Å². The van der Waals surface area contributed by atoms with Gasteiger partial charge in [-0.3, -0.25) is 14.2 Å². The smallest absolute Gasteiger partial charge is 0.254 e. The molecule has 1 amide bonds. The molecular weight excluding hydrogens is 330 g/mol. The molecule has 0 atom stereocenters. The Morgan fingerprint density at radius 1 is 1.25 bits per heavy atom. The van der Waals surface area contributed by atoms with Gasteiger partial charge >= 0.3 is 0 Å². The highest BCUT2D eigenvalue weighted by atomic mass is 35.5. The number of hydrogen-bond donors (Lipinski definition) is 1. The summed E-state index contributed by atoms with van der Waals surface area (Å²) in [4.78, 5) is 28.2. The molecule has 0 unspecified atom stereocenters. The van der Waals surface area contributed by atoms with E-state index in [0.29, 0.717) is 23.0 Å². The second kappa shape index (κ2) is 7.14. The molecule has 0 fully saturated rings. The zero-order chi connectivity index (χ0) is 16.9. The van der Waals surface area contributed by atoms with Crippen molar-refractivity contribution in [2.75, 3.05) is 0 Å². The molecule has 2 aromatic heterocycles. The highest BCUT2D eigenvalue weighted by Gasteiger charge is 2.08. The zero-order valence-electron chi connectivity index (χ0n) is 12.6. The topological polar surface area (TPSA) is 77.1 Å². The first-order chi connectivity index (χ1) is 11.6. The summed E-state index contributed by atoms with van der Waals surface area (Å²) in [5.74, 6) is 0.228. The molecule has 0 bridgehead atoms. The molecule has 0 saturated carbocycles. The van der Waals surface area contributed by atoms with Gasteiger partial charge in [0.2, 0.25) is 5.91 Å². The molecule has 3 aromatic rings. The van der Waals surface area contributed by atoms with Crippen molar-refractivity contribution in [1.82, 2.24) is 14.9 Å². The average molecular weight is 344 g/mol. The molecule has 0 radical (unpaired) electrons. The predicted octanol–water partition coefficient (Wildman–Crippen LogP) is 2.47. The number of carbonyl (C=O) groups is 1. The van der Waals surface area contributed by atoms with Gasteiger partial charge in [-0.15, -0.1) is 0 Å². The maximum atomic E-state index is 12.1. The van der Waals surface area contributed by atoms with E-state index in [4.69, 9.17) is 16.0 Å². The number of amides is 1. The van der Waals surface area contributed by atoms with Gasteiger partial charge in [0.1, 0.15) is 12.2 Å². The maximum Gasteiger partial charge on any atom is 0.254 e. The van der Waals surface area contributed by atoms with Gasteiger partial charge in [-0.05, 0) is 29.8 Å². The Bertz CT molecular complexity index is 886. The lowest BCUT2D eigenvalue weighted by Gasteiger charge is -2.07. The molecule has 1 N–H and O–H groups in total. The molecule has 1 aromatic carbocycles. The van der Waals surface area contributed by atoms with E-state index in [-0.39, 0.29) is 18.0 Å². The van der Waals surface area contributed by atoms with E-state index in [0.717, 1.165) is 5.56 Å². The average Bonchev–Trinajstić information content (AvgIpc) is 3.11. The summed E-state index contributed by atoms with van der Waals surface area (Å²) in [5.41, 5.74) is 1.03. The van der Waals surface area contributed by atoms with Crippen LogP contribution in [0, 0.1) is 0 Å². The molecule has 0 aliphatic heterocycles. The van der Waals surface area contributed by atoms with E-state index < -0.39 is 0 Å². The van der Waals surface area contributed by atoms with Crippen molar-refractivity contribution in [3.63, 3.8) is 0 Å². The first kappa shape index (κ1) is 16.0. The van der Waals surface area contributed by atoms with Crippen LogP contribution in [0.25, 0.3) is 11.5 Å². The van der Waals surface area contributed by atoms with Crippen LogP contribution in [-0.4, -0.2) is 15.5 Å². The van der Waals surface area contributed by atoms with E-state index in [1.54, 1.807) is 24.3 Å². The number of nitrogens with one attached hydrogen (secondary N) is 1. The zero-order valence-corrected chi connectivity index (χ0v) is 13.4. The van der Waals surface area contributed by atoms with Crippen molar-refractivity contribution < 1.29 is 9.21 Å². The minimum atomic E-state index is -0.321. The third-order valence-corrected chi connectivity index (χ3v) is 3.62. The van der Waals surface area contributed by atoms with Gasteiger partial charge < -0.3 is 9.73 Å². The van der Waals surface area contributed by atoms with E-state index >= 15 is 0 Å². The van der Waals surface area contributed by atoms with Gasteiger partial charge in [0.25, 0.3) is 5.56 Å². The quantitative estimate of drug-likeness (QED) is 0.772. The molecule has 0 saturated heterocycles. The third kappa shape index (κ3) is 3.91. The highest BCUT2D eigenvalue weighted by Crippen LogP contribution is 2.14. The van der Waals surface area contributed by atoms with Crippen LogP contribution in [0.2, 0.25) is 5.02 Å². The van der Waals surface area contributed by atoms with Crippen LogP contribution in [-0.2, 0) is 17.9 Å². The summed E-state index contributed by atoms with van der Waals surface area (Å²) >= 11 is 5.81. The van der Waals surface area contributed by atoms with Crippen molar-refractivity contribution in [2.24, 2.45) is 0 Å². The summed E-state index contributed by atoms with van der Waals surface area (Å²) in [6.45, 7) is 0.264. The Hall–Kier alpha value is -2.86. The Kier molecular flexibility index (Phi) is 4.77. The van der Waals surface area contributed by atoms with Crippen LogP contribution in [0.1, 0.15) is 5.56 Å². The van der Waals surface area contributed by atoms with Gasteiger partial charge in [0.05, 0.1) is 12.6 Å². The fraction of sp³-hybridized carbons (Fsp3) is 0.118. The lowest BCUT2D eigenvalue weighted by molar-refractivity contribution is -0.121. The van der Waals surface area contributed by atoms with Crippen LogP contribution in [0.5, 0.6) is 0 Å². The summed E-state index contributed by atoms with van der Waals surface area (Å²) in [5, 5.41) is 3.39. The number of aromatic nitrogens is 2. The lowest BCUT2D eigenvalue weighted by atomic mass is 10.2. The predicted molar refractivity (Wildman–Crippen MR) is 89.5 cm³/mol. The minimum Gasteiger partial charge on any atom is -0.463 e. The molecule has 122 valence electrons. The first-order valence-corrected chi connectivity index (χ1v) is 7.61. The van der Waals surface area contributed by atoms with Crippen molar-refractivity contribution in [3.05, 3.63) is 76.0 Å². The maximum absolute atomic E-state index is 12.1. The Balaban J connectivity index is 1.62. The molecule has 0 aliphatic rings. The molecule has 3 rings (SSSR count). The monoisotopic (exact) mass is 343 g/mol. The summed E-state index contributed by atoms with van der Waals surface area (Å²) < 4.78 is 6.43. The number of carbonyl (C=O) groups excluding carboxylic acids is 1. The second-order valence-electron chi connectivity index (χ2n) is 5.12. The molecule has 0 spiro atoms. The van der Waals surface area contributed by atoms with Gasteiger partial charge in [0.15, 0.2) is 5.76 Å². The van der Waals surface area contributed by atoms with Crippen molar-refractivity contribution in [1.29, 1.82) is 0 Å². The molecule has 6 nitrogen and oxygen atoms in total. The minimum absolute atomic E-state index is 0.0993. The molecule has 7 heteroatoms. The largest absolute Gasteiger partial charge is 0.463 e. The SMILES string of the molecule is O=C(Cn1cnc(-c2ccco2)cc1=O)NCc1ccc(Cl)cc1. The highest BCUT2D eigenvalue weighted by molar-refractivity contribution is 6.30. The number of halogens is 1. The normalized spacial score (nSPS) is 10.5. The van der Waals surface area contributed by atoms with E-state index in [2.05, 4.69) is 10.3 Å². The van der Waals surface area contributed by atoms with Gasteiger partial charge in [-0.2, -0.15) is 0 Å². The third-order valence-electron chi connectivity index (χ3n) is 3.37. The van der Waals surface area contributed by atoms with Crippen molar-refractivity contribution in [2.45, 2.75) is 13.1 Å². The molecule has 0 aliphatic carbocycles. The number of hydrogen-bond acceptors (Lipinski definition) is 4. The molecular formula is C17H14ClN3O3. The standard InChI is InChI=1S/C17H14ClN3O3/c18-13-5-3-12(4-6-13)9-19-16(22)10-21-11-20-14(8-17(21)23)15-2-1-7-24-15/h1-8,11H,9-10H2,(H,19,22). The summed E-state index contributed by atoms with van der Waals surface area (Å²) in [7, 11) is 0. The van der Waals surface area contributed by atoms with Crippen LogP contribution >= 0.6 is 11.6 Å². The van der Waals surface area contributed by atoms with Gasteiger partial charge in [-0.25, -0.2) is 4.98 Å². The Morgan fingerprint density at radius 3 is 2.71 bits per heavy atom. The van der Waals surface area contributed by atoms with E-state index in [1.165, 1.54) is 23.2 Å².